The number of carbonyl (C=O) groups is 1. The van der Waals surface area contributed by atoms with Crippen LogP contribution in [0.5, 0.6) is 0 Å². The fraction of sp³-hybridized carbons (Fsp3) is 0.381. The first-order valence-corrected chi connectivity index (χ1v) is 11.1. The second-order valence-corrected chi connectivity index (χ2v) is 9.40. The van der Waals surface area contributed by atoms with E-state index in [-0.39, 0.29) is 5.91 Å². The van der Waals surface area contributed by atoms with Gasteiger partial charge in [0.2, 0.25) is 0 Å². The van der Waals surface area contributed by atoms with E-state index in [1.807, 2.05) is 41.7 Å². The predicted octanol–water partition coefficient (Wildman–Crippen LogP) is 5.01. The number of nitrogens with zero attached hydrogens (tertiary/aromatic N) is 1. The van der Waals surface area contributed by atoms with E-state index in [1.165, 1.54) is 22.6 Å². The van der Waals surface area contributed by atoms with E-state index in [0.717, 1.165) is 31.4 Å². The van der Waals surface area contributed by atoms with Gasteiger partial charge < -0.3 is 4.90 Å². The lowest BCUT2D eigenvalue weighted by Crippen LogP contribution is -2.36. The van der Waals surface area contributed by atoms with Crippen LogP contribution in [0.1, 0.15) is 38.9 Å². The van der Waals surface area contributed by atoms with Gasteiger partial charge in [0.1, 0.15) is 0 Å². The molecule has 0 N–H and O–H groups in total. The Morgan fingerprint density at radius 1 is 1.00 bits per heavy atom. The third kappa shape index (κ3) is 3.90. The normalized spacial score (nSPS) is 21.0. The molecule has 2 saturated heterocycles. The number of hydrogen-bond acceptors (Lipinski definition) is 3. The zero-order chi connectivity index (χ0) is 17.1. The maximum atomic E-state index is 13.0. The van der Waals surface area contributed by atoms with Crippen LogP contribution >= 0.6 is 23.5 Å². The Bertz CT molecular complexity index is 710. The van der Waals surface area contributed by atoms with Crippen molar-refractivity contribution in [2.75, 3.05) is 18.1 Å². The number of thioether (sulfide) groups is 2. The van der Waals surface area contributed by atoms with Crippen molar-refractivity contribution in [1.29, 1.82) is 0 Å². The third-order valence-corrected chi connectivity index (χ3v) is 8.11. The van der Waals surface area contributed by atoms with Gasteiger partial charge in [-0.3, -0.25) is 4.79 Å². The number of likely N-dealkylation sites (tertiary alicyclic amines) is 1. The van der Waals surface area contributed by atoms with E-state index in [4.69, 9.17) is 0 Å². The Hall–Kier alpha value is -1.39. The van der Waals surface area contributed by atoms with E-state index < -0.39 is 0 Å². The molecule has 0 saturated carbocycles. The summed E-state index contributed by atoms with van der Waals surface area (Å²) in [5.41, 5.74) is 3.49. The van der Waals surface area contributed by atoms with Crippen LogP contribution in [0.15, 0.2) is 54.6 Å². The summed E-state index contributed by atoms with van der Waals surface area (Å²) in [7, 11) is 0. The molecule has 2 aliphatic heterocycles. The van der Waals surface area contributed by atoms with Gasteiger partial charge in [-0.05, 0) is 42.5 Å². The van der Waals surface area contributed by atoms with Gasteiger partial charge in [-0.1, -0.05) is 42.5 Å². The van der Waals surface area contributed by atoms with Gasteiger partial charge in [-0.2, -0.15) is 0 Å². The smallest absolute Gasteiger partial charge is 0.254 e. The molecular formula is C21H23NOS2. The molecule has 2 heterocycles. The van der Waals surface area contributed by atoms with Crippen molar-refractivity contribution in [2.45, 2.75) is 29.9 Å². The summed E-state index contributed by atoms with van der Waals surface area (Å²) < 4.78 is 0.543. The molecule has 0 unspecified atom stereocenters. The summed E-state index contributed by atoms with van der Waals surface area (Å²) in [5.74, 6) is 2.65. The number of benzene rings is 2. The first-order chi connectivity index (χ1) is 12.3. The minimum absolute atomic E-state index is 0.191. The zero-order valence-electron chi connectivity index (χ0n) is 14.3. The van der Waals surface area contributed by atoms with Crippen LogP contribution in [0.25, 0.3) is 0 Å². The second kappa shape index (κ2) is 7.88. The van der Waals surface area contributed by atoms with Crippen LogP contribution in [-0.4, -0.2) is 34.9 Å². The quantitative estimate of drug-likeness (QED) is 0.755. The minimum atomic E-state index is 0.191. The number of rotatable bonds is 4. The van der Waals surface area contributed by atoms with E-state index >= 15 is 0 Å². The summed E-state index contributed by atoms with van der Waals surface area (Å²) >= 11 is 4.01. The molecule has 0 aromatic heterocycles. The molecule has 2 aromatic carbocycles. The predicted molar refractivity (Wildman–Crippen MR) is 108 cm³/mol. The Morgan fingerprint density at radius 2 is 1.72 bits per heavy atom. The first kappa shape index (κ1) is 17.0. The largest absolute Gasteiger partial charge is 0.335 e. The average molecular weight is 370 g/mol. The van der Waals surface area contributed by atoms with Gasteiger partial charge in [0, 0.05) is 29.7 Å². The van der Waals surface area contributed by atoms with Gasteiger partial charge in [-0.25, -0.2) is 0 Å². The molecule has 1 atom stereocenters. The van der Waals surface area contributed by atoms with Crippen LogP contribution in [0, 0.1) is 0 Å². The zero-order valence-corrected chi connectivity index (χ0v) is 15.9. The lowest BCUT2D eigenvalue weighted by atomic mass is 10.0. The molecule has 4 rings (SSSR count). The molecule has 2 aliphatic rings. The molecule has 1 amide bonds. The highest BCUT2D eigenvalue weighted by Crippen LogP contribution is 2.45. The van der Waals surface area contributed by atoms with Crippen LogP contribution in [-0.2, 0) is 6.42 Å². The van der Waals surface area contributed by atoms with Crippen molar-refractivity contribution in [2.24, 2.45) is 0 Å². The molecule has 2 fully saturated rings. The molecule has 25 heavy (non-hydrogen) atoms. The fourth-order valence-electron chi connectivity index (χ4n) is 3.70. The highest BCUT2D eigenvalue weighted by atomic mass is 32.2. The molecule has 2 nitrogen and oxygen atoms in total. The van der Waals surface area contributed by atoms with Crippen LogP contribution in [0.4, 0.5) is 0 Å². The highest BCUT2D eigenvalue weighted by molar-refractivity contribution is 8.19. The summed E-state index contributed by atoms with van der Waals surface area (Å²) in [4.78, 5) is 15.1. The van der Waals surface area contributed by atoms with Crippen LogP contribution < -0.4 is 0 Å². The minimum Gasteiger partial charge on any atom is -0.335 e. The van der Waals surface area contributed by atoms with E-state index in [9.17, 15) is 4.79 Å². The maximum absolute atomic E-state index is 13.0. The summed E-state index contributed by atoms with van der Waals surface area (Å²) in [6, 6.07) is 19.2. The number of hydrogen-bond donors (Lipinski definition) is 0. The highest BCUT2D eigenvalue weighted by Gasteiger charge is 2.29. The first-order valence-electron chi connectivity index (χ1n) is 8.99. The van der Waals surface area contributed by atoms with Crippen molar-refractivity contribution >= 4 is 29.4 Å². The topological polar surface area (TPSA) is 20.3 Å². The monoisotopic (exact) mass is 369 g/mol. The van der Waals surface area contributed by atoms with Gasteiger partial charge in [-0.15, -0.1) is 23.5 Å². The van der Waals surface area contributed by atoms with Gasteiger partial charge in [0.15, 0.2) is 0 Å². The van der Waals surface area contributed by atoms with Crippen molar-refractivity contribution in [3.8, 4) is 0 Å². The lowest BCUT2D eigenvalue weighted by Gasteiger charge is -2.25. The van der Waals surface area contributed by atoms with E-state index in [0.29, 0.717) is 10.6 Å². The van der Waals surface area contributed by atoms with Gasteiger partial charge in [0.05, 0.1) is 4.58 Å². The maximum Gasteiger partial charge on any atom is 0.254 e. The average Bonchev–Trinajstić information content (AvgIpc) is 3.34. The van der Waals surface area contributed by atoms with Crippen molar-refractivity contribution in [1.82, 2.24) is 4.90 Å². The van der Waals surface area contributed by atoms with Crippen LogP contribution in [0.2, 0.25) is 0 Å². The molecule has 0 spiro atoms. The summed E-state index contributed by atoms with van der Waals surface area (Å²) in [6.07, 6.45) is 3.17. The molecule has 130 valence electrons. The Balaban J connectivity index is 1.45. The number of carbonyl (C=O) groups excluding carboxylic acids is 1. The molecule has 4 heteroatoms. The van der Waals surface area contributed by atoms with Crippen molar-refractivity contribution < 1.29 is 4.79 Å². The Morgan fingerprint density at radius 3 is 2.44 bits per heavy atom. The fourth-order valence-corrected chi connectivity index (χ4v) is 6.56. The van der Waals surface area contributed by atoms with Gasteiger partial charge in [0.25, 0.3) is 5.91 Å². The van der Waals surface area contributed by atoms with Gasteiger partial charge >= 0.3 is 0 Å². The Kier molecular flexibility index (Phi) is 5.37. The molecule has 0 radical (unpaired) electrons. The molecule has 2 aromatic rings. The van der Waals surface area contributed by atoms with E-state index in [1.54, 1.807) is 0 Å². The molecular weight excluding hydrogens is 346 g/mol. The summed E-state index contributed by atoms with van der Waals surface area (Å²) in [5, 5.41) is 0. The van der Waals surface area contributed by atoms with Crippen molar-refractivity contribution in [3.05, 3.63) is 71.3 Å². The Labute approximate surface area is 158 Å². The molecule has 0 aliphatic carbocycles. The lowest BCUT2D eigenvalue weighted by molar-refractivity contribution is 0.0736. The van der Waals surface area contributed by atoms with Crippen molar-refractivity contribution in [3.63, 3.8) is 0 Å². The molecule has 0 bridgehead atoms. The van der Waals surface area contributed by atoms with Crippen LogP contribution in [0.3, 0.4) is 0 Å². The summed E-state index contributed by atoms with van der Waals surface area (Å²) in [6.45, 7) is 0.881. The van der Waals surface area contributed by atoms with E-state index in [2.05, 4.69) is 41.3 Å². The second-order valence-electron chi connectivity index (χ2n) is 6.68. The third-order valence-electron chi connectivity index (χ3n) is 5.00. The number of amides is 1. The standard InChI is InChI=1S/C21H23NOS2/c23-20(17-8-10-18(11-9-17)21-24-13-14-25-21)22-12-4-7-19(22)15-16-5-2-1-3-6-16/h1-3,5-6,8-11,19,21H,4,7,12-15H2/t19-/m0/s1. The SMILES string of the molecule is O=C(c1ccc(C2SCCS2)cc1)N1CCC[C@H]1Cc1ccccc1.